The van der Waals surface area contributed by atoms with Gasteiger partial charge in [-0.2, -0.15) is 5.10 Å². The Balaban J connectivity index is 2.44. The summed E-state index contributed by atoms with van der Waals surface area (Å²) in [5.74, 6) is 2.87. The summed E-state index contributed by atoms with van der Waals surface area (Å²) in [6.07, 6.45) is 1.14. The molecule has 0 saturated carbocycles. The third-order valence-electron chi connectivity index (χ3n) is 3.68. The van der Waals surface area contributed by atoms with Gasteiger partial charge in [-0.15, -0.1) is 5.10 Å². The van der Waals surface area contributed by atoms with Gasteiger partial charge < -0.3 is 10.6 Å². The standard InChI is InChI=1S/C16H30N4/c1-6-9-17-10-14-7-8-16(20-19-14)18-11-15(12(2)3)13(4)5/h7-8,12-13,15,17H,6,9-11H2,1-5H3,(H,18,20). The highest BCUT2D eigenvalue weighted by Crippen LogP contribution is 2.20. The van der Waals surface area contributed by atoms with Gasteiger partial charge >= 0.3 is 0 Å². The van der Waals surface area contributed by atoms with E-state index < -0.39 is 0 Å². The largest absolute Gasteiger partial charge is 0.368 e. The normalized spacial score (nSPS) is 11.6. The van der Waals surface area contributed by atoms with Crippen molar-refractivity contribution in [3.63, 3.8) is 0 Å². The number of nitrogens with one attached hydrogen (secondary N) is 2. The lowest BCUT2D eigenvalue weighted by Gasteiger charge is -2.25. The fourth-order valence-corrected chi connectivity index (χ4v) is 2.41. The Bertz CT molecular complexity index is 351. The van der Waals surface area contributed by atoms with Crippen LogP contribution in [0.25, 0.3) is 0 Å². The van der Waals surface area contributed by atoms with E-state index in [0.717, 1.165) is 37.6 Å². The van der Waals surface area contributed by atoms with Gasteiger partial charge in [-0.25, -0.2) is 0 Å². The Hall–Kier alpha value is -1.16. The molecule has 0 spiro atoms. The van der Waals surface area contributed by atoms with Gasteiger partial charge in [0.05, 0.1) is 5.69 Å². The van der Waals surface area contributed by atoms with Crippen molar-refractivity contribution in [1.82, 2.24) is 15.5 Å². The van der Waals surface area contributed by atoms with Crippen LogP contribution in [0, 0.1) is 17.8 Å². The highest BCUT2D eigenvalue weighted by Gasteiger charge is 2.17. The van der Waals surface area contributed by atoms with Gasteiger partial charge in [0.2, 0.25) is 0 Å². The van der Waals surface area contributed by atoms with E-state index >= 15 is 0 Å². The summed E-state index contributed by atoms with van der Waals surface area (Å²) in [6.45, 7) is 14.0. The zero-order valence-corrected chi connectivity index (χ0v) is 13.6. The lowest BCUT2D eigenvalue weighted by Crippen LogP contribution is -2.25. The lowest BCUT2D eigenvalue weighted by molar-refractivity contribution is 0.304. The minimum atomic E-state index is 0.655. The van der Waals surface area contributed by atoms with Crippen LogP contribution < -0.4 is 10.6 Å². The first-order chi connectivity index (χ1) is 9.54. The maximum atomic E-state index is 4.25. The van der Waals surface area contributed by atoms with Crippen LogP contribution in [0.2, 0.25) is 0 Å². The van der Waals surface area contributed by atoms with E-state index in [1.54, 1.807) is 0 Å². The molecule has 0 amide bonds. The van der Waals surface area contributed by atoms with Gasteiger partial charge in [-0.05, 0) is 42.9 Å². The lowest BCUT2D eigenvalue weighted by atomic mass is 9.85. The van der Waals surface area contributed by atoms with Crippen molar-refractivity contribution in [2.45, 2.75) is 47.6 Å². The molecule has 0 aromatic carbocycles. The number of hydrogen-bond donors (Lipinski definition) is 2. The molecule has 1 rings (SSSR count). The summed E-state index contributed by atoms with van der Waals surface area (Å²) in [5.41, 5.74) is 0.994. The Labute approximate surface area is 123 Å². The van der Waals surface area contributed by atoms with E-state index in [0.29, 0.717) is 17.8 Å². The smallest absolute Gasteiger partial charge is 0.148 e. The van der Waals surface area contributed by atoms with Crippen molar-refractivity contribution in [2.24, 2.45) is 17.8 Å². The summed E-state index contributed by atoms with van der Waals surface area (Å²) in [5, 5.41) is 15.2. The summed E-state index contributed by atoms with van der Waals surface area (Å²) in [4.78, 5) is 0. The van der Waals surface area contributed by atoms with Crippen LogP contribution in [0.3, 0.4) is 0 Å². The van der Waals surface area contributed by atoms with Crippen LogP contribution in [0.4, 0.5) is 5.82 Å². The molecule has 4 nitrogen and oxygen atoms in total. The molecule has 2 N–H and O–H groups in total. The van der Waals surface area contributed by atoms with Gasteiger partial charge in [-0.1, -0.05) is 34.6 Å². The minimum Gasteiger partial charge on any atom is -0.368 e. The predicted octanol–water partition coefficient (Wildman–Crippen LogP) is 3.32. The molecular formula is C16H30N4. The predicted molar refractivity (Wildman–Crippen MR) is 85.7 cm³/mol. The van der Waals surface area contributed by atoms with Crippen LogP contribution in [0.5, 0.6) is 0 Å². The molecule has 0 fully saturated rings. The first kappa shape index (κ1) is 16.9. The number of hydrogen-bond acceptors (Lipinski definition) is 4. The monoisotopic (exact) mass is 278 g/mol. The first-order valence-electron chi connectivity index (χ1n) is 7.81. The summed E-state index contributed by atoms with van der Waals surface area (Å²) < 4.78 is 0. The second-order valence-corrected chi connectivity index (χ2v) is 6.12. The highest BCUT2D eigenvalue weighted by molar-refractivity contribution is 5.32. The van der Waals surface area contributed by atoms with Crippen molar-refractivity contribution in [3.05, 3.63) is 17.8 Å². The molecule has 4 heteroatoms. The van der Waals surface area contributed by atoms with Crippen molar-refractivity contribution >= 4 is 5.82 Å². The van der Waals surface area contributed by atoms with E-state index in [1.165, 1.54) is 0 Å². The average molecular weight is 278 g/mol. The molecule has 20 heavy (non-hydrogen) atoms. The fraction of sp³-hybridized carbons (Fsp3) is 0.750. The van der Waals surface area contributed by atoms with Crippen LogP contribution in [-0.2, 0) is 6.54 Å². The third-order valence-corrected chi connectivity index (χ3v) is 3.68. The molecule has 0 bridgehead atoms. The molecule has 0 aliphatic carbocycles. The van der Waals surface area contributed by atoms with Crippen molar-refractivity contribution in [2.75, 3.05) is 18.4 Å². The van der Waals surface area contributed by atoms with Crippen LogP contribution in [0.1, 0.15) is 46.7 Å². The molecule has 114 valence electrons. The molecule has 0 atom stereocenters. The number of anilines is 1. The van der Waals surface area contributed by atoms with Gasteiger partial charge in [-0.3, -0.25) is 0 Å². The quantitative estimate of drug-likeness (QED) is 0.680. The first-order valence-corrected chi connectivity index (χ1v) is 7.81. The summed E-state index contributed by atoms with van der Waals surface area (Å²) >= 11 is 0. The average Bonchev–Trinajstić information content (AvgIpc) is 2.40. The van der Waals surface area contributed by atoms with Crippen LogP contribution in [-0.4, -0.2) is 23.3 Å². The Morgan fingerprint density at radius 1 is 1.05 bits per heavy atom. The zero-order valence-electron chi connectivity index (χ0n) is 13.6. The van der Waals surface area contributed by atoms with Crippen molar-refractivity contribution in [3.8, 4) is 0 Å². The molecule has 1 aromatic heterocycles. The van der Waals surface area contributed by atoms with E-state index in [1.807, 2.05) is 12.1 Å². The number of aromatic nitrogens is 2. The maximum absolute atomic E-state index is 4.25. The third kappa shape index (κ3) is 5.87. The zero-order chi connectivity index (χ0) is 15.0. The summed E-state index contributed by atoms with van der Waals surface area (Å²) in [7, 11) is 0. The highest BCUT2D eigenvalue weighted by atomic mass is 15.2. The SMILES string of the molecule is CCCNCc1ccc(NCC(C(C)C)C(C)C)nn1. The van der Waals surface area contributed by atoms with Crippen LogP contribution >= 0.6 is 0 Å². The van der Waals surface area contributed by atoms with E-state index in [2.05, 4.69) is 55.4 Å². The molecule has 0 unspecified atom stereocenters. The van der Waals surface area contributed by atoms with Crippen molar-refractivity contribution < 1.29 is 0 Å². The molecule has 1 heterocycles. The second kappa shape index (κ2) is 8.90. The molecule has 0 saturated heterocycles. The molecule has 0 aliphatic heterocycles. The van der Waals surface area contributed by atoms with Gasteiger partial charge in [0.15, 0.2) is 0 Å². The topological polar surface area (TPSA) is 49.8 Å². The summed E-state index contributed by atoms with van der Waals surface area (Å²) in [6, 6.07) is 4.06. The van der Waals surface area contributed by atoms with Gasteiger partial charge in [0.25, 0.3) is 0 Å². The molecule has 0 radical (unpaired) electrons. The fourth-order valence-electron chi connectivity index (χ4n) is 2.41. The van der Waals surface area contributed by atoms with Gasteiger partial charge in [0.1, 0.15) is 5.82 Å². The number of rotatable bonds is 9. The molecule has 0 aliphatic rings. The maximum Gasteiger partial charge on any atom is 0.148 e. The Morgan fingerprint density at radius 2 is 1.75 bits per heavy atom. The second-order valence-electron chi connectivity index (χ2n) is 6.12. The van der Waals surface area contributed by atoms with E-state index in [-0.39, 0.29) is 0 Å². The van der Waals surface area contributed by atoms with Gasteiger partial charge in [0, 0.05) is 13.1 Å². The number of nitrogens with zero attached hydrogens (tertiary/aromatic N) is 2. The van der Waals surface area contributed by atoms with Crippen LogP contribution in [0.15, 0.2) is 12.1 Å². The minimum absolute atomic E-state index is 0.655. The molecular weight excluding hydrogens is 248 g/mol. The Kier molecular flexibility index (Phi) is 7.52. The molecule has 1 aromatic rings. The van der Waals surface area contributed by atoms with E-state index in [9.17, 15) is 0 Å². The Morgan fingerprint density at radius 3 is 2.25 bits per heavy atom. The van der Waals surface area contributed by atoms with Crippen molar-refractivity contribution in [1.29, 1.82) is 0 Å². The van der Waals surface area contributed by atoms with E-state index in [4.69, 9.17) is 0 Å².